The van der Waals surface area contributed by atoms with Gasteiger partial charge in [-0.2, -0.15) is 0 Å². The summed E-state index contributed by atoms with van der Waals surface area (Å²) in [7, 11) is 0. The van der Waals surface area contributed by atoms with E-state index in [1.807, 2.05) is 32.0 Å². The molecule has 0 amide bonds. The van der Waals surface area contributed by atoms with E-state index in [2.05, 4.69) is 0 Å². The Balaban J connectivity index is 2.26. The number of nitrogens with two attached hydrogens (primary N) is 1. The van der Waals surface area contributed by atoms with Gasteiger partial charge in [-0.1, -0.05) is 0 Å². The van der Waals surface area contributed by atoms with E-state index in [0.717, 1.165) is 17.1 Å². The molecule has 1 aliphatic heterocycles. The molecule has 1 aliphatic rings. The van der Waals surface area contributed by atoms with Crippen molar-refractivity contribution in [3.63, 3.8) is 0 Å². The van der Waals surface area contributed by atoms with Gasteiger partial charge >= 0.3 is 0 Å². The molecule has 1 heterocycles. The molecular formula is C11H15NO2. The molecule has 0 radical (unpaired) electrons. The van der Waals surface area contributed by atoms with Crippen LogP contribution in [0.2, 0.25) is 0 Å². The van der Waals surface area contributed by atoms with Gasteiger partial charge in [0.2, 0.25) is 0 Å². The van der Waals surface area contributed by atoms with Gasteiger partial charge in [0.15, 0.2) is 0 Å². The fourth-order valence-electron chi connectivity index (χ4n) is 1.56. The first-order chi connectivity index (χ1) is 6.66. The van der Waals surface area contributed by atoms with Crippen LogP contribution in [0.5, 0.6) is 11.5 Å². The van der Waals surface area contributed by atoms with Gasteiger partial charge in [0.05, 0.1) is 12.1 Å². The molecule has 14 heavy (non-hydrogen) atoms. The highest BCUT2D eigenvalue weighted by Gasteiger charge is 2.20. The Morgan fingerprint density at radius 1 is 1.50 bits per heavy atom. The van der Waals surface area contributed by atoms with E-state index in [4.69, 9.17) is 15.2 Å². The van der Waals surface area contributed by atoms with Crippen molar-refractivity contribution in [2.45, 2.75) is 26.0 Å². The first-order valence-corrected chi connectivity index (χ1v) is 4.86. The van der Waals surface area contributed by atoms with Crippen molar-refractivity contribution in [2.24, 2.45) is 5.73 Å². The molecule has 2 rings (SSSR count). The molecule has 0 saturated carbocycles. The molecule has 0 saturated heterocycles. The second-order valence-corrected chi connectivity index (χ2v) is 3.78. The highest BCUT2D eigenvalue weighted by Crippen LogP contribution is 2.33. The molecule has 0 spiro atoms. The summed E-state index contributed by atoms with van der Waals surface area (Å²) in [4.78, 5) is 0. The molecule has 1 unspecified atom stereocenters. The SMILES string of the molecule is CC(C)Oc1ccc2c(c1)C(N)CO2. The Hall–Kier alpha value is -1.22. The van der Waals surface area contributed by atoms with Crippen LogP contribution in [0.15, 0.2) is 18.2 Å². The molecule has 3 heteroatoms. The van der Waals surface area contributed by atoms with Crippen LogP contribution in [-0.2, 0) is 0 Å². The van der Waals surface area contributed by atoms with E-state index < -0.39 is 0 Å². The van der Waals surface area contributed by atoms with Crippen LogP contribution in [0.4, 0.5) is 0 Å². The average Bonchev–Trinajstić information content (AvgIpc) is 2.47. The van der Waals surface area contributed by atoms with E-state index in [9.17, 15) is 0 Å². The minimum atomic E-state index is -0.0132. The third-order valence-corrected chi connectivity index (χ3v) is 2.17. The van der Waals surface area contributed by atoms with Crippen molar-refractivity contribution in [2.75, 3.05) is 6.61 Å². The fourth-order valence-corrected chi connectivity index (χ4v) is 1.56. The zero-order chi connectivity index (χ0) is 10.1. The van der Waals surface area contributed by atoms with Gasteiger partial charge in [-0.3, -0.25) is 0 Å². The predicted octanol–water partition coefficient (Wildman–Crippen LogP) is 1.87. The number of ether oxygens (including phenoxy) is 2. The van der Waals surface area contributed by atoms with Gasteiger partial charge in [-0.05, 0) is 32.0 Å². The standard InChI is InChI=1S/C11H15NO2/c1-7(2)14-8-3-4-11-9(5-8)10(12)6-13-11/h3-5,7,10H,6,12H2,1-2H3. The van der Waals surface area contributed by atoms with Crippen molar-refractivity contribution < 1.29 is 9.47 Å². The van der Waals surface area contributed by atoms with E-state index in [0.29, 0.717) is 6.61 Å². The molecule has 1 aromatic carbocycles. The quantitative estimate of drug-likeness (QED) is 0.779. The molecule has 0 bridgehead atoms. The van der Waals surface area contributed by atoms with Gasteiger partial charge in [-0.25, -0.2) is 0 Å². The fraction of sp³-hybridized carbons (Fsp3) is 0.455. The highest BCUT2D eigenvalue weighted by atomic mass is 16.5. The topological polar surface area (TPSA) is 44.5 Å². The van der Waals surface area contributed by atoms with Gasteiger partial charge in [0.1, 0.15) is 18.1 Å². The molecule has 0 aliphatic carbocycles. The molecule has 1 aromatic rings. The van der Waals surface area contributed by atoms with E-state index >= 15 is 0 Å². The van der Waals surface area contributed by atoms with Crippen LogP contribution in [0, 0.1) is 0 Å². The number of benzene rings is 1. The zero-order valence-electron chi connectivity index (χ0n) is 8.49. The smallest absolute Gasteiger partial charge is 0.124 e. The minimum Gasteiger partial charge on any atom is -0.491 e. The van der Waals surface area contributed by atoms with Gasteiger partial charge in [0, 0.05) is 5.56 Å². The maximum atomic E-state index is 5.87. The Morgan fingerprint density at radius 3 is 3.00 bits per heavy atom. The summed E-state index contributed by atoms with van der Waals surface area (Å²) < 4.78 is 11.0. The Bertz CT molecular complexity index is 336. The van der Waals surface area contributed by atoms with Crippen LogP contribution >= 0.6 is 0 Å². The summed E-state index contributed by atoms with van der Waals surface area (Å²) in [5.74, 6) is 1.74. The summed E-state index contributed by atoms with van der Waals surface area (Å²) in [6.07, 6.45) is 0.187. The van der Waals surface area contributed by atoms with Crippen LogP contribution < -0.4 is 15.2 Å². The zero-order valence-corrected chi connectivity index (χ0v) is 8.49. The number of hydrogen-bond donors (Lipinski definition) is 1. The van der Waals surface area contributed by atoms with Crippen molar-refractivity contribution >= 4 is 0 Å². The van der Waals surface area contributed by atoms with E-state index in [1.54, 1.807) is 0 Å². The van der Waals surface area contributed by atoms with Crippen LogP contribution in [0.3, 0.4) is 0 Å². The largest absolute Gasteiger partial charge is 0.491 e. The van der Waals surface area contributed by atoms with Crippen LogP contribution in [0.25, 0.3) is 0 Å². The summed E-state index contributed by atoms with van der Waals surface area (Å²) in [6.45, 7) is 4.58. The number of hydrogen-bond acceptors (Lipinski definition) is 3. The maximum absolute atomic E-state index is 5.87. The Kier molecular flexibility index (Phi) is 2.33. The lowest BCUT2D eigenvalue weighted by molar-refractivity contribution is 0.242. The molecular weight excluding hydrogens is 178 g/mol. The second kappa shape index (κ2) is 3.50. The average molecular weight is 193 g/mol. The molecule has 3 nitrogen and oxygen atoms in total. The third-order valence-electron chi connectivity index (χ3n) is 2.17. The summed E-state index contributed by atoms with van der Waals surface area (Å²) >= 11 is 0. The van der Waals surface area contributed by atoms with Gasteiger partial charge in [0.25, 0.3) is 0 Å². The molecule has 0 aromatic heterocycles. The summed E-state index contributed by atoms with van der Waals surface area (Å²) in [5, 5.41) is 0. The van der Waals surface area contributed by atoms with Gasteiger partial charge in [-0.15, -0.1) is 0 Å². The normalized spacial score (nSPS) is 19.3. The summed E-state index contributed by atoms with van der Waals surface area (Å²) in [6, 6.07) is 5.78. The first-order valence-electron chi connectivity index (χ1n) is 4.86. The third kappa shape index (κ3) is 1.68. The molecule has 0 fully saturated rings. The van der Waals surface area contributed by atoms with Crippen LogP contribution in [-0.4, -0.2) is 12.7 Å². The lowest BCUT2D eigenvalue weighted by Gasteiger charge is -2.10. The molecule has 1 atom stereocenters. The summed E-state index contributed by atoms with van der Waals surface area (Å²) in [5.41, 5.74) is 6.91. The lowest BCUT2D eigenvalue weighted by atomic mass is 10.1. The predicted molar refractivity (Wildman–Crippen MR) is 54.6 cm³/mol. The van der Waals surface area contributed by atoms with E-state index in [1.165, 1.54) is 0 Å². The van der Waals surface area contributed by atoms with Gasteiger partial charge < -0.3 is 15.2 Å². The lowest BCUT2D eigenvalue weighted by Crippen LogP contribution is -2.11. The first kappa shape index (κ1) is 9.34. The molecule has 76 valence electrons. The Morgan fingerprint density at radius 2 is 2.29 bits per heavy atom. The Labute approximate surface area is 83.8 Å². The van der Waals surface area contributed by atoms with Crippen molar-refractivity contribution in [3.8, 4) is 11.5 Å². The molecule has 2 N–H and O–H groups in total. The monoisotopic (exact) mass is 193 g/mol. The van der Waals surface area contributed by atoms with Crippen molar-refractivity contribution in [1.29, 1.82) is 0 Å². The number of rotatable bonds is 2. The maximum Gasteiger partial charge on any atom is 0.124 e. The minimum absolute atomic E-state index is 0.0132. The van der Waals surface area contributed by atoms with Crippen molar-refractivity contribution in [1.82, 2.24) is 0 Å². The highest BCUT2D eigenvalue weighted by molar-refractivity contribution is 5.44. The second-order valence-electron chi connectivity index (χ2n) is 3.78. The van der Waals surface area contributed by atoms with Crippen molar-refractivity contribution in [3.05, 3.63) is 23.8 Å². The number of fused-ring (bicyclic) bond motifs is 1. The van der Waals surface area contributed by atoms with E-state index in [-0.39, 0.29) is 12.1 Å². The van der Waals surface area contributed by atoms with Crippen LogP contribution in [0.1, 0.15) is 25.5 Å².